The number of aliphatic hydroxyl groups is 1. The molecule has 0 heterocycles. The Kier molecular flexibility index (Phi) is 10.3. The highest BCUT2D eigenvalue weighted by Gasteiger charge is 2.25. The summed E-state index contributed by atoms with van der Waals surface area (Å²) in [5, 5.41) is 16.5. The van der Waals surface area contributed by atoms with E-state index in [1.165, 1.54) is 23.8 Å². The smallest absolute Gasteiger partial charge is 0.221 e. The molecule has 0 saturated heterocycles. The van der Waals surface area contributed by atoms with E-state index in [4.69, 9.17) is 4.52 Å². The molecule has 1 unspecified atom stereocenters. The number of hydrogen-bond acceptors (Lipinski definition) is 6. The van der Waals surface area contributed by atoms with Crippen LogP contribution < -0.4 is 16.2 Å². The Morgan fingerprint density at radius 2 is 1.96 bits per heavy atom. The van der Waals surface area contributed by atoms with Crippen LogP contribution in [0.3, 0.4) is 0 Å². The summed E-state index contributed by atoms with van der Waals surface area (Å²) < 4.78 is 29.0. The molecule has 138 valence electrons. The van der Waals surface area contributed by atoms with Crippen molar-refractivity contribution in [1.82, 2.24) is 16.2 Å². The Morgan fingerprint density at radius 1 is 1.29 bits per heavy atom. The average Bonchev–Trinajstić information content (AvgIpc) is 2.57. The van der Waals surface area contributed by atoms with E-state index in [1.807, 2.05) is 12.1 Å². The van der Waals surface area contributed by atoms with E-state index in [0.717, 1.165) is 13.1 Å². The van der Waals surface area contributed by atoms with Gasteiger partial charge in [0, 0.05) is 20.2 Å². The number of hydrogen-bond donors (Lipinski definition) is 4. The van der Waals surface area contributed by atoms with Gasteiger partial charge in [-0.05, 0) is 30.6 Å². The van der Waals surface area contributed by atoms with Gasteiger partial charge in [-0.1, -0.05) is 31.2 Å². The summed E-state index contributed by atoms with van der Waals surface area (Å²) in [4.78, 5) is 0. The number of benzene rings is 1. The van der Waals surface area contributed by atoms with Crippen molar-refractivity contribution in [2.45, 2.75) is 32.5 Å². The molecule has 2 atom stereocenters. The van der Waals surface area contributed by atoms with Crippen molar-refractivity contribution >= 4 is 7.37 Å². The van der Waals surface area contributed by atoms with Crippen molar-refractivity contribution in [2.24, 2.45) is 0 Å². The molecular weight excluding hydrogens is 332 g/mol. The highest BCUT2D eigenvalue weighted by molar-refractivity contribution is 7.58. The predicted molar refractivity (Wildman–Crippen MR) is 94.7 cm³/mol. The quantitative estimate of drug-likeness (QED) is 0.244. The van der Waals surface area contributed by atoms with Gasteiger partial charge in [0.1, 0.15) is 6.29 Å². The number of aliphatic hydroxyl groups excluding tert-OH is 1. The van der Waals surface area contributed by atoms with E-state index >= 15 is 0 Å². The molecule has 0 aromatic heterocycles. The second-order valence-corrected chi connectivity index (χ2v) is 8.37. The molecule has 1 aromatic rings. The maximum Gasteiger partial charge on any atom is 0.221 e. The summed E-state index contributed by atoms with van der Waals surface area (Å²) in [7, 11) is -1.88. The molecule has 0 bridgehead atoms. The van der Waals surface area contributed by atoms with Crippen LogP contribution in [-0.4, -0.2) is 43.9 Å². The van der Waals surface area contributed by atoms with E-state index in [1.54, 1.807) is 0 Å². The van der Waals surface area contributed by atoms with Crippen molar-refractivity contribution in [3.63, 3.8) is 0 Å². The highest BCUT2D eigenvalue weighted by Crippen LogP contribution is 2.45. The first-order valence-electron chi connectivity index (χ1n) is 8.17. The van der Waals surface area contributed by atoms with Crippen molar-refractivity contribution in [3.05, 3.63) is 35.4 Å². The zero-order chi connectivity index (χ0) is 17.8. The Hall–Kier alpha value is -0.820. The van der Waals surface area contributed by atoms with Gasteiger partial charge in [-0.2, -0.15) is 0 Å². The van der Waals surface area contributed by atoms with Crippen LogP contribution in [0, 0.1) is 0 Å². The molecule has 0 amide bonds. The first-order chi connectivity index (χ1) is 11.5. The molecule has 0 saturated carbocycles. The maximum absolute atomic E-state index is 12.1. The van der Waals surface area contributed by atoms with Crippen LogP contribution in [0.5, 0.6) is 0 Å². The topological polar surface area (TPSA) is 82.6 Å². The number of nitrogens with one attached hydrogen (secondary N) is 3. The van der Waals surface area contributed by atoms with Crippen molar-refractivity contribution in [3.8, 4) is 0 Å². The third kappa shape index (κ3) is 8.33. The molecule has 4 N–H and O–H groups in total. The van der Waals surface area contributed by atoms with E-state index in [2.05, 4.69) is 29.7 Å². The first kappa shape index (κ1) is 21.2. The van der Waals surface area contributed by atoms with Gasteiger partial charge in [-0.15, -0.1) is 10.0 Å². The fourth-order valence-corrected chi connectivity index (χ4v) is 3.74. The molecule has 8 heteroatoms. The minimum Gasteiger partial charge on any atom is -0.393 e. The minimum atomic E-state index is -3.15. The monoisotopic (exact) mass is 361 g/mol. The van der Waals surface area contributed by atoms with Crippen molar-refractivity contribution in [2.75, 3.05) is 32.6 Å². The van der Waals surface area contributed by atoms with Gasteiger partial charge in [0.2, 0.25) is 7.37 Å². The molecular formula is C16H29FN3O3P. The van der Waals surface area contributed by atoms with Gasteiger partial charge in [-0.25, -0.2) is 0 Å². The fourth-order valence-electron chi connectivity index (χ4n) is 2.33. The van der Waals surface area contributed by atoms with Crippen LogP contribution in [0.4, 0.5) is 4.48 Å². The van der Waals surface area contributed by atoms with Gasteiger partial charge in [0.25, 0.3) is 0 Å². The van der Waals surface area contributed by atoms with Crippen LogP contribution in [-0.2, 0) is 22.2 Å². The Balaban J connectivity index is 2.31. The van der Waals surface area contributed by atoms with Crippen LogP contribution in [0.15, 0.2) is 24.3 Å². The fraction of sp³-hybridized carbons (Fsp3) is 0.625. The largest absolute Gasteiger partial charge is 0.393 e. The molecule has 0 spiro atoms. The third-order valence-corrected chi connectivity index (χ3v) is 5.92. The van der Waals surface area contributed by atoms with E-state index < -0.39 is 13.5 Å². The van der Waals surface area contributed by atoms with E-state index in [-0.39, 0.29) is 12.4 Å². The lowest BCUT2D eigenvalue weighted by Crippen LogP contribution is -2.24. The average molecular weight is 361 g/mol. The van der Waals surface area contributed by atoms with Crippen LogP contribution in [0.1, 0.15) is 24.5 Å². The second-order valence-electron chi connectivity index (χ2n) is 5.69. The summed E-state index contributed by atoms with van der Waals surface area (Å²) in [6, 6.07) is 8.29. The standard InChI is InChI=1S/C16H29FN3O3P/c1-3-18-10-14-5-4-6-15(9-14)11-19-8-7-16(21)12-24(22,23-2)13-20-17/h4-6,9,16,18-21H,3,7-8,10-13H2,1-2H3/t16-,24?/m1/s1. The van der Waals surface area contributed by atoms with Crippen LogP contribution >= 0.6 is 7.37 Å². The number of halogens is 1. The molecule has 1 aromatic carbocycles. The molecule has 0 fully saturated rings. The second kappa shape index (κ2) is 11.7. The van der Waals surface area contributed by atoms with Crippen LogP contribution in [0.2, 0.25) is 0 Å². The predicted octanol–water partition coefficient (Wildman–Crippen LogP) is 1.99. The van der Waals surface area contributed by atoms with E-state index in [9.17, 15) is 14.2 Å². The molecule has 1 rings (SSSR count). The number of rotatable bonds is 13. The lowest BCUT2D eigenvalue weighted by molar-refractivity contribution is 0.180. The highest BCUT2D eigenvalue weighted by atomic mass is 31.2. The molecule has 0 aliphatic rings. The molecule has 6 nitrogen and oxygen atoms in total. The molecule has 0 aliphatic heterocycles. The van der Waals surface area contributed by atoms with Gasteiger partial charge in [0.05, 0.1) is 12.3 Å². The van der Waals surface area contributed by atoms with Gasteiger partial charge in [0.15, 0.2) is 0 Å². The zero-order valence-corrected chi connectivity index (χ0v) is 15.3. The summed E-state index contributed by atoms with van der Waals surface area (Å²) in [5.41, 5.74) is 3.76. The molecule has 24 heavy (non-hydrogen) atoms. The Labute approximate surface area is 143 Å². The summed E-state index contributed by atoms with van der Waals surface area (Å²) in [5.74, 6) is 0. The Bertz CT molecular complexity index is 519. The van der Waals surface area contributed by atoms with Crippen molar-refractivity contribution in [1.29, 1.82) is 0 Å². The van der Waals surface area contributed by atoms with Gasteiger partial charge >= 0.3 is 0 Å². The summed E-state index contributed by atoms with van der Waals surface area (Å²) in [6.07, 6.45) is -0.805. The maximum atomic E-state index is 12.1. The molecule has 0 radical (unpaired) electrons. The first-order valence-corrected chi connectivity index (χ1v) is 10.2. The normalized spacial score (nSPS) is 15.2. The van der Waals surface area contributed by atoms with E-state index in [0.29, 0.717) is 19.5 Å². The zero-order valence-electron chi connectivity index (χ0n) is 14.4. The third-order valence-electron chi connectivity index (χ3n) is 3.68. The van der Waals surface area contributed by atoms with Crippen LogP contribution in [0.25, 0.3) is 0 Å². The lowest BCUT2D eigenvalue weighted by atomic mass is 10.1. The SMILES string of the molecule is CCNCc1cccc(CNCC[C@@H](O)CP(=O)(CNF)OC)c1. The minimum absolute atomic E-state index is 0.0553. The Morgan fingerprint density at radius 3 is 2.54 bits per heavy atom. The van der Waals surface area contributed by atoms with Gasteiger partial charge in [-0.3, -0.25) is 4.57 Å². The summed E-state index contributed by atoms with van der Waals surface area (Å²) in [6.45, 7) is 5.12. The van der Waals surface area contributed by atoms with Crippen molar-refractivity contribution < 1.29 is 18.7 Å². The lowest BCUT2D eigenvalue weighted by Gasteiger charge is -2.18. The summed E-state index contributed by atoms with van der Waals surface area (Å²) >= 11 is 0. The van der Waals surface area contributed by atoms with Gasteiger partial charge < -0.3 is 20.3 Å². The molecule has 0 aliphatic carbocycles.